The largest absolute Gasteiger partial charge is 0.478 e. The van der Waals surface area contributed by atoms with E-state index in [0.29, 0.717) is 8.95 Å². The zero-order valence-corrected chi connectivity index (χ0v) is 13.2. The van der Waals surface area contributed by atoms with Crippen molar-refractivity contribution in [3.63, 3.8) is 0 Å². The molecule has 2 rings (SSSR count). The predicted molar refractivity (Wildman–Crippen MR) is 79.7 cm³/mol. The van der Waals surface area contributed by atoms with Crippen LogP contribution in [0.5, 0.6) is 0 Å². The molecule has 0 aliphatic carbocycles. The third-order valence-electron chi connectivity index (χ3n) is 2.41. The van der Waals surface area contributed by atoms with Crippen molar-refractivity contribution < 1.29 is 14.7 Å². The van der Waals surface area contributed by atoms with Gasteiger partial charge in [-0.2, -0.15) is 5.10 Å². The Kier molecular flexibility index (Phi) is 4.56. The van der Waals surface area contributed by atoms with Crippen LogP contribution in [0.4, 0.5) is 5.69 Å². The van der Waals surface area contributed by atoms with Gasteiger partial charge >= 0.3 is 5.97 Å². The van der Waals surface area contributed by atoms with E-state index < -0.39 is 5.97 Å². The molecule has 1 aromatic heterocycles. The van der Waals surface area contributed by atoms with Gasteiger partial charge in [0.15, 0.2) is 0 Å². The molecule has 0 bridgehead atoms. The Hall–Kier alpha value is -1.67. The minimum Gasteiger partial charge on any atom is -0.478 e. The summed E-state index contributed by atoms with van der Waals surface area (Å²) in [6.45, 7) is 0.00850. The molecule has 0 fully saturated rings. The number of rotatable bonds is 4. The molecule has 1 amide bonds. The summed E-state index contributed by atoms with van der Waals surface area (Å²) in [6, 6.07) is 4.79. The van der Waals surface area contributed by atoms with Crippen molar-refractivity contribution in [1.29, 1.82) is 0 Å². The third-order valence-corrected chi connectivity index (χ3v) is 3.50. The fraction of sp³-hybridized carbons (Fsp3) is 0.0833. The number of nitrogens with one attached hydrogen (secondary N) is 1. The standard InChI is InChI=1S/C12H9Br2N3O3/c13-7-4-8(12(19)20)11(9(14)5-7)16-10(18)6-17-3-1-2-15-17/h1-5H,6H2,(H,16,18)(H,19,20). The molecule has 0 atom stereocenters. The van der Waals surface area contributed by atoms with Crippen molar-refractivity contribution >= 4 is 49.4 Å². The minimum atomic E-state index is -1.12. The third kappa shape index (κ3) is 3.45. The monoisotopic (exact) mass is 401 g/mol. The number of hydrogen-bond acceptors (Lipinski definition) is 3. The zero-order valence-electron chi connectivity index (χ0n) is 10.0. The second-order valence-electron chi connectivity index (χ2n) is 3.87. The first-order valence-corrected chi connectivity index (χ1v) is 7.05. The number of benzene rings is 1. The number of aromatic nitrogens is 2. The first-order valence-electron chi connectivity index (χ1n) is 5.47. The van der Waals surface area contributed by atoms with Crippen LogP contribution in [0.15, 0.2) is 39.5 Å². The van der Waals surface area contributed by atoms with Gasteiger partial charge in [-0.05, 0) is 34.1 Å². The van der Waals surface area contributed by atoms with Gasteiger partial charge in [0.25, 0.3) is 0 Å². The number of anilines is 1. The van der Waals surface area contributed by atoms with E-state index in [1.54, 1.807) is 24.5 Å². The van der Waals surface area contributed by atoms with E-state index in [4.69, 9.17) is 0 Å². The van der Waals surface area contributed by atoms with E-state index in [9.17, 15) is 14.7 Å². The first-order chi connectivity index (χ1) is 9.47. The number of carboxylic acid groups (broad SMARTS) is 1. The Morgan fingerprint density at radius 1 is 1.35 bits per heavy atom. The van der Waals surface area contributed by atoms with Gasteiger partial charge in [0.1, 0.15) is 6.54 Å². The second kappa shape index (κ2) is 6.19. The van der Waals surface area contributed by atoms with Gasteiger partial charge in [0, 0.05) is 21.3 Å². The molecule has 1 heterocycles. The highest BCUT2D eigenvalue weighted by Gasteiger charge is 2.17. The molecular formula is C12H9Br2N3O3. The summed E-state index contributed by atoms with van der Waals surface area (Å²) in [5, 5.41) is 15.7. The van der Waals surface area contributed by atoms with Crippen LogP contribution in [0.1, 0.15) is 10.4 Å². The molecule has 20 heavy (non-hydrogen) atoms. The van der Waals surface area contributed by atoms with E-state index in [0.717, 1.165) is 0 Å². The molecule has 2 aromatic rings. The van der Waals surface area contributed by atoms with Crippen molar-refractivity contribution in [2.45, 2.75) is 6.54 Å². The Bertz CT molecular complexity index is 656. The van der Waals surface area contributed by atoms with Gasteiger partial charge in [-0.25, -0.2) is 4.79 Å². The molecule has 8 heteroatoms. The lowest BCUT2D eigenvalue weighted by atomic mass is 10.2. The predicted octanol–water partition coefficient (Wildman–Crippen LogP) is 2.75. The first kappa shape index (κ1) is 14.7. The Morgan fingerprint density at radius 2 is 2.10 bits per heavy atom. The van der Waals surface area contributed by atoms with Crippen molar-refractivity contribution in [2.75, 3.05) is 5.32 Å². The molecule has 2 N–H and O–H groups in total. The van der Waals surface area contributed by atoms with Crippen molar-refractivity contribution in [1.82, 2.24) is 9.78 Å². The number of hydrogen-bond donors (Lipinski definition) is 2. The fourth-order valence-corrected chi connectivity index (χ4v) is 2.91. The van der Waals surface area contributed by atoms with E-state index in [-0.39, 0.29) is 23.7 Å². The van der Waals surface area contributed by atoms with Crippen molar-refractivity contribution in [2.24, 2.45) is 0 Å². The topological polar surface area (TPSA) is 84.2 Å². The van der Waals surface area contributed by atoms with Gasteiger partial charge < -0.3 is 10.4 Å². The van der Waals surface area contributed by atoms with Crippen LogP contribution >= 0.6 is 31.9 Å². The maximum absolute atomic E-state index is 11.9. The molecule has 0 aliphatic rings. The number of amides is 1. The highest BCUT2D eigenvalue weighted by atomic mass is 79.9. The molecular weight excluding hydrogens is 394 g/mol. The highest BCUT2D eigenvalue weighted by Crippen LogP contribution is 2.30. The van der Waals surface area contributed by atoms with E-state index in [1.165, 1.54) is 10.7 Å². The van der Waals surface area contributed by atoms with E-state index in [1.807, 2.05) is 0 Å². The summed E-state index contributed by atoms with van der Waals surface area (Å²) in [6.07, 6.45) is 3.21. The molecule has 0 spiro atoms. The summed E-state index contributed by atoms with van der Waals surface area (Å²) in [7, 11) is 0. The number of carbonyl (C=O) groups is 2. The summed E-state index contributed by atoms with van der Waals surface area (Å²) in [5.41, 5.74) is 0.220. The summed E-state index contributed by atoms with van der Waals surface area (Å²) in [4.78, 5) is 23.1. The summed E-state index contributed by atoms with van der Waals surface area (Å²) in [5.74, 6) is -1.49. The molecule has 0 saturated carbocycles. The Balaban J connectivity index is 2.24. The van der Waals surface area contributed by atoms with Gasteiger partial charge in [0.2, 0.25) is 5.91 Å². The second-order valence-corrected chi connectivity index (χ2v) is 5.64. The molecule has 1 aromatic carbocycles. The quantitative estimate of drug-likeness (QED) is 0.823. The lowest BCUT2D eigenvalue weighted by Gasteiger charge is -2.11. The van der Waals surface area contributed by atoms with Gasteiger partial charge in [-0.15, -0.1) is 0 Å². The van der Waals surface area contributed by atoms with Gasteiger partial charge in [-0.1, -0.05) is 15.9 Å². The average molecular weight is 403 g/mol. The molecule has 0 radical (unpaired) electrons. The smallest absolute Gasteiger partial charge is 0.337 e. The van der Waals surface area contributed by atoms with E-state index >= 15 is 0 Å². The zero-order chi connectivity index (χ0) is 14.7. The van der Waals surface area contributed by atoms with Crippen LogP contribution in [-0.4, -0.2) is 26.8 Å². The normalized spacial score (nSPS) is 10.3. The van der Waals surface area contributed by atoms with Crippen LogP contribution in [-0.2, 0) is 11.3 Å². The van der Waals surface area contributed by atoms with Gasteiger partial charge in [0.05, 0.1) is 11.3 Å². The summed E-state index contributed by atoms with van der Waals surface area (Å²) >= 11 is 6.45. The Labute approximate surface area is 131 Å². The highest BCUT2D eigenvalue weighted by molar-refractivity contribution is 9.11. The number of carboxylic acids is 1. The lowest BCUT2D eigenvalue weighted by Crippen LogP contribution is -2.20. The molecule has 0 aliphatic heterocycles. The maximum Gasteiger partial charge on any atom is 0.337 e. The number of aromatic carboxylic acids is 1. The molecule has 6 nitrogen and oxygen atoms in total. The average Bonchev–Trinajstić information content (AvgIpc) is 2.84. The van der Waals surface area contributed by atoms with Crippen molar-refractivity contribution in [3.8, 4) is 0 Å². The molecule has 104 valence electrons. The SMILES string of the molecule is O=C(Cn1cccn1)Nc1c(Br)cc(Br)cc1C(=O)O. The van der Waals surface area contributed by atoms with E-state index in [2.05, 4.69) is 42.3 Å². The van der Waals surface area contributed by atoms with Crippen LogP contribution in [0.3, 0.4) is 0 Å². The van der Waals surface area contributed by atoms with Crippen LogP contribution < -0.4 is 5.32 Å². The van der Waals surface area contributed by atoms with Crippen LogP contribution in [0.2, 0.25) is 0 Å². The van der Waals surface area contributed by atoms with Crippen LogP contribution in [0, 0.1) is 0 Å². The summed E-state index contributed by atoms with van der Waals surface area (Å²) < 4.78 is 2.53. The Morgan fingerprint density at radius 3 is 2.70 bits per heavy atom. The number of nitrogens with zero attached hydrogens (tertiary/aromatic N) is 2. The minimum absolute atomic E-state index is 0.0000605. The van der Waals surface area contributed by atoms with Crippen molar-refractivity contribution in [3.05, 3.63) is 45.1 Å². The van der Waals surface area contributed by atoms with Crippen LogP contribution in [0.25, 0.3) is 0 Å². The fourth-order valence-electron chi connectivity index (χ4n) is 1.59. The van der Waals surface area contributed by atoms with Gasteiger partial charge in [-0.3, -0.25) is 9.48 Å². The number of halogens is 2. The number of carbonyl (C=O) groups excluding carboxylic acids is 1. The lowest BCUT2D eigenvalue weighted by molar-refractivity contribution is -0.116. The maximum atomic E-state index is 11.9. The molecule has 0 saturated heterocycles. The molecule has 0 unspecified atom stereocenters.